The van der Waals surface area contributed by atoms with Gasteiger partial charge in [-0.2, -0.15) is 0 Å². The molecule has 10 heavy (non-hydrogen) atoms. The van der Waals surface area contributed by atoms with Gasteiger partial charge in [0, 0.05) is 20.7 Å². The molecule has 60 valence electrons. The van der Waals surface area contributed by atoms with Gasteiger partial charge in [-0.15, -0.1) is 0 Å². The van der Waals surface area contributed by atoms with Crippen LogP contribution in [0.2, 0.25) is 0 Å². The Morgan fingerprint density at radius 2 is 2.30 bits per heavy atom. The summed E-state index contributed by atoms with van der Waals surface area (Å²) in [6, 6.07) is -0.177. The van der Waals surface area contributed by atoms with Crippen LogP contribution in [0.1, 0.15) is 6.92 Å². The molecule has 0 saturated heterocycles. The highest BCUT2D eigenvalue weighted by molar-refractivity contribution is 5.73. The van der Waals surface area contributed by atoms with E-state index < -0.39 is 0 Å². The van der Waals surface area contributed by atoms with Gasteiger partial charge in [0.05, 0.1) is 6.10 Å². The Labute approximate surface area is 60.9 Å². The van der Waals surface area contributed by atoms with Crippen molar-refractivity contribution in [3.63, 3.8) is 0 Å². The summed E-state index contributed by atoms with van der Waals surface area (Å²) in [6.07, 6.45) is 0.0669. The monoisotopic (exact) mass is 146 g/mol. The zero-order valence-corrected chi connectivity index (χ0v) is 6.60. The van der Waals surface area contributed by atoms with Crippen molar-refractivity contribution in [3.8, 4) is 0 Å². The lowest BCUT2D eigenvalue weighted by molar-refractivity contribution is 0.118. The van der Waals surface area contributed by atoms with Crippen molar-refractivity contribution in [2.75, 3.05) is 20.7 Å². The second-order valence-electron chi connectivity index (χ2n) is 2.01. The maximum atomic E-state index is 10.6. The summed E-state index contributed by atoms with van der Waals surface area (Å²) in [5.41, 5.74) is 0. The number of nitrogens with one attached hydrogen (secondary N) is 2. The van der Waals surface area contributed by atoms with Gasteiger partial charge in [-0.3, -0.25) is 0 Å². The number of rotatable bonds is 3. The lowest BCUT2D eigenvalue weighted by Gasteiger charge is -2.09. The van der Waals surface area contributed by atoms with Crippen LogP contribution in [0.4, 0.5) is 4.79 Å². The van der Waals surface area contributed by atoms with Gasteiger partial charge in [0.2, 0.25) is 0 Å². The number of amides is 2. The second kappa shape index (κ2) is 5.05. The van der Waals surface area contributed by atoms with Gasteiger partial charge >= 0.3 is 6.03 Å². The molecular weight excluding hydrogens is 132 g/mol. The van der Waals surface area contributed by atoms with Crippen molar-refractivity contribution in [1.29, 1.82) is 0 Å². The van der Waals surface area contributed by atoms with E-state index in [-0.39, 0.29) is 12.1 Å². The van der Waals surface area contributed by atoms with Gasteiger partial charge in [-0.25, -0.2) is 4.79 Å². The zero-order chi connectivity index (χ0) is 7.98. The fraction of sp³-hybridized carbons (Fsp3) is 0.833. The first-order valence-corrected chi connectivity index (χ1v) is 3.19. The van der Waals surface area contributed by atoms with Crippen molar-refractivity contribution in [2.24, 2.45) is 0 Å². The number of urea groups is 1. The van der Waals surface area contributed by atoms with Gasteiger partial charge in [0.1, 0.15) is 0 Å². The summed E-state index contributed by atoms with van der Waals surface area (Å²) in [5.74, 6) is 0. The number of hydrogen-bond donors (Lipinski definition) is 2. The summed E-state index contributed by atoms with van der Waals surface area (Å²) >= 11 is 0. The van der Waals surface area contributed by atoms with Gasteiger partial charge in [0.25, 0.3) is 0 Å². The van der Waals surface area contributed by atoms with Gasteiger partial charge in [-0.05, 0) is 6.92 Å². The summed E-state index contributed by atoms with van der Waals surface area (Å²) < 4.78 is 4.90. The van der Waals surface area contributed by atoms with Crippen LogP contribution >= 0.6 is 0 Å². The first-order valence-electron chi connectivity index (χ1n) is 3.19. The third-order valence-electron chi connectivity index (χ3n) is 1.18. The van der Waals surface area contributed by atoms with Crippen molar-refractivity contribution in [3.05, 3.63) is 0 Å². The molecular formula is C6H14N2O2. The third-order valence-corrected chi connectivity index (χ3v) is 1.18. The normalized spacial score (nSPS) is 12.3. The van der Waals surface area contributed by atoms with Crippen LogP contribution < -0.4 is 10.6 Å². The van der Waals surface area contributed by atoms with Crippen LogP contribution in [0, 0.1) is 0 Å². The van der Waals surface area contributed by atoms with Gasteiger partial charge < -0.3 is 15.4 Å². The Hall–Kier alpha value is -0.770. The Bertz CT molecular complexity index is 106. The van der Waals surface area contributed by atoms with Crippen molar-refractivity contribution in [1.82, 2.24) is 10.6 Å². The van der Waals surface area contributed by atoms with E-state index in [2.05, 4.69) is 10.6 Å². The van der Waals surface area contributed by atoms with Crippen molar-refractivity contribution < 1.29 is 9.53 Å². The molecule has 0 aromatic carbocycles. The van der Waals surface area contributed by atoms with Crippen molar-refractivity contribution >= 4 is 6.03 Å². The van der Waals surface area contributed by atoms with Crippen LogP contribution in [0.3, 0.4) is 0 Å². The minimum atomic E-state index is -0.177. The van der Waals surface area contributed by atoms with E-state index in [1.165, 1.54) is 0 Å². The molecule has 0 aliphatic carbocycles. The molecule has 0 aliphatic rings. The van der Waals surface area contributed by atoms with Crippen LogP contribution in [0.5, 0.6) is 0 Å². The molecule has 0 aliphatic heterocycles. The van der Waals surface area contributed by atoms with Crippen molar-refractivity contribution in [2.45, 2.75) is 13.0 Å². The van der Waals surface area contributed by atoms with Crippen LogP contribution in [0.25, 0.3) is 0 Å². The predicted molar refractivity (Wildman–Crippen MR) is 38.9 cm³/mol. The molecule has 0 aromatic heterocycles. The zero-order valence-electron chi connectivity index (χ0n) is 6.60. The summed E-state index contributed by atoms with van der Waals surface area (Å²) in [5, 5.41) is 5.05. The Morgan fingerprint density at radius 3 is 2.70 bits per heavy atom. The van der Waals surface area contributed by atoms with E-state index >= 15 is 0 Å². The van der Waals surface area contributed by atoms with E-state index in [4.69, 9.17) is 4.74 Å². The molecule has 0 spiro atoms. The summed E-state index contributed by atoms with van der Waals surface area (Å²) in [4.78, 5) is 10.6. The van der Waals surface area contributed by atoms with Gasteiger partial charge in [0.15, 0.2) is 0 Å². The Kier molecular flexibility index (Phi) is 4.66. The maximum Gasteiger partial charge on any atom is 0.314 e. The minimum absolute atomic E-state index is 0.0669. The molecule has 4 nitrogen and oxygen atoms in total. The number of methoxy groups -OCH3 is 1. The average Bonchev–Trinajstić information content (AvgIpc) is 1.99. The lowest BCUT2D eigenvalue weighted by Crippen LogP contribution is -2.37. The highest BCUT2D eigenvalue weighted by atomic mass is 16.5. The van der Waals surface area contributed by atoms with Gasteiger partial charge in [-0.1, -0.05) is 0 Å². The van der Waals surface area contributed by atoms with E-state index in [1.54, 1.807) is 14.2 Å². The molecule has 2 N–H and O–H groups in total. The first kappa shape index (κ1) is 9.23. The third kappa shape index (κ3) is 4.14. The first-order chi connectivity index (χ1) is 4.70. The number of carbonyl (C=O) groups is 1. The smallest absolute Gasteiger partial charge is 0.314 e. The molecule has 4 heteroatoms. The van der Waals surface area contributed by atoms with Crippen LogP contribution in [-0.2, 0) is 4.74 Å². The Morgan fingerprint density at radius 1 is 1.70 bits per heavy atom. The molecule has 0 radical (unpaired) electrons. The molecule has 1 atom stereocenters. The highest BCUT2D eigenvalue weighted by Gasteiger charge is 2.00. The van der Waals surface area contributed by atoms with Crippen LogP contribution in [-0.4, -0.2) is 32.8 Å². The predicted octanol–water partition coefficient (Wildman–Crippen LogP) is -0.0497. The average molecular weight is 146 g/mol. The molecule has 0 fully saturated rings. The quantitative estimate of drug-likeness (QED) is 0.586. The molecule has 0 rings (SSSR count). The van der Waals surface area contributed by atoms with E-state index in [0.717, 1.165) is 0 Å². The molecule has 0 aromatic rings. The fourth-order valence-electron chi connectivity index (χ4n) is 0.408. The molecule has 0 unspecified atom stereocenters. The maximum absolute atomic E-state index is 10.6. The fourth-order valence-corrected chi connectivity index (χ4v) is 0.408. The number of hydrogen-bond acceptors (Lipinski definition) is 2. The molecule has 0 bridgehead atoms. The summed E-state index contributed by atoms with van der Waals surface area (Å²) in [6.45, 7) is 2.42. The van der Waals surface area contributed by atoms with Crippen LogP contribution in [0.15, 0.2) is 0 Å². The number of ether oxygens (including phenoxy) is 1. The SMILES string of the molecule is CNC(=O)NC[C@@H](C)OC. The molecule has 0 saturated carbocycles. The Balaban J connectivity index is 3.26. The molecule has 2 amide bonds. The standard InChI is InChI=1S/C6H14N2O2/c1-5(10-3)4-8-6(9)7-2/h5H,4H2,1-3H3,(H2,7,8,9)/t5-/m1/s1. The second-order valence-corrected chi connectivity index (χ2v) is 2.01. The highest BCUT2D eigenvalue weighted by Crippen LogP contribution is 1.82. The van der Waals surface area contributed by atoms with E-state index in [9.17, 15) is 4.79 Å². The lowest BCUT2D eigenvalue weighted by atomic mass is 10.4. The number of carbonyl (C=O) groups excluding carboxylic acids is 1. The van der Waals surface area contributed by atoms with E-state index in [0.29, 0.717) is 6.54 Å². The van der Waals surface area contributed by atoms with E-state index in [1.807, 2.05) is 6.92 Å². The minimum Gasteiger partial charge on any atom is -0.380 e. The molecule has 0 heterocycles. The topological polar surface area (TPSA) is 50.4 Å². The largest absolute Gasteiger partial charge is 0.380 e. The summed E-state index contributed by atoms with van der Waals surface area (Å²) in [7, 11) is 3.18.